The molecule has 120 valence electrons. The van der Waals surface area contributed by atoms with Crippen LogP contribution in [0.4, 0.5) is 0 Å². The van der Waals surface area contributed by atoms with Crippen LogP contribution in [0.3, 0.4) is 0 Å². The SMILES string of the molecule is CCC(C)(C)NC(=O)COc1nc(C)nc2oc(C)c(C)c12. The minimum Gasteiger partial charge on any atom is -0.467 e. The van der Waals surface area contributed by atoms with Crippen molar-refractivity contribution in [1.29, 1.82) is 0 Å². The van der Waals surface area contributed by atoms with Gasteiger partial charge in [0, 0.05) is 11.1 Å². The van der Waals surface area contributed by atoms with Crippen molar-refractivity contribution < 1.29 is 13.9 Å². The maximum Gasteiger partial charge on any atom is 0.258 e. The van der Waals surface area contributed by atoms with E-state index in [1.807, 2.05) is 34.6 Å². The Bertz CT molecular complexity index is 704. The Morgan fingerprint density at radius 1 is 1.27 bits per heavy atom. The minimum atomic E-state index is -0.250. The van der Waals surface area contributed by atoms with Crippen LogP contribution in [0.15, 0.2) is 4.42 Å². The molecule has 0 aliphatic carbocycles. The highest BCUT2D eigenvalue weighted by molar-refractivity contribution is 5.85. The Morgan fingerprint density at radius 3 is 2.59 bits per heavy atom. The van der Waals surface area contributed by atoms with E-state index in [1.165, 1.54) is 0 Å². The molecule has 0 radical (unpaired) electrons. The fourth-order valence-electron chi connectivity index (χ4n) is 2.05. The predicted octanol–water partition coefficient (Wildman–Crippen LogP) is 2.83. The fraction of sp³-hybridized carbons (Fsp3) is 0.562. The van der Waals surface area contributed by atoms with Gasteiger partial charge < -0.3 is 14.5 Å². The van der Waals surface area contributed by atoms with Crippen LogP contribution >= 0.6 is 0 Å². The van der Waals surface area contributed by atoms with Crippen molar-refractivity contribution in [2.75, 3.05) is 6.61 Å². The normalized spacial score (nSPS) is 11.7. The van der Waals surface area contributed by atoms with Crippen LogP contribution in [0, 0.1) is 20.8 Å². The molecule has 0 fully saturated rings. The summed E-state index contributed by atoms with van der Waals surface area (Å²) in [6.45, 7) is 11.4. The quantitative estimate of drug-likeness (QED) is 0.919. The first kappa shape index (κ1) is 16.3. The van der Waals surface area contributed by atoms with Gasteiger partial charge in [-0.3, -0.25) is 4.79 Å². The van der Waals surface area contributed by atoms with Crippen LogP contribution in [-0.4, -0.2) is 28.0 Å². The van der Waals surface area contributed by atoms with Crippen LogP contribution in [0.25, 0.3) is 11.1 Å². The van der Waals surface area contributed by atoms with Gasteiger partial charge in [0.1, 0.15) is 17.0 Å². The van der Waals surface area contributed by atoms with E-state index in [1.54, 1.807) is 6.92 Å². The van der Waals surface area contributed by atoms with Crippen molar-refractivity contribution in [2.24, 2.45) is 0 Å². The Morgan fingerprint density at radius 2 is 1.95 bits per heavy atom. The van der Waals surface area contributed by atoms with Gasteiger partial charge in [0.25, 0.3) is 5.91 Å². The minimum absolute atomic E-state index is 0.0847. The molecule has 2 heterocycles. The van der Waals surface area contributed by atoms with Crippen LogP contribution in [0.2, 0.25) is 0 Å². The third-order valence-electron chi connectivity index (χ3n) is 3.81. The molecule has 0 saturated heterocycles. The van der Waals surface area contributed by atoms with E-state index in [2.05, 4.69) is 15.3 Å². The number of ether oxygens (including phenoxy) is 1. The lowest BCUT2D eigenvalue weighted by Gasteiger charge is -2.24. The standard InChI is InChI=1S/C16H23N3O3/c1-7-16(5,6)19-12(20)8-21-14-13-9(2)10(3)22-15(13)18-11(4)17-14/h7-8H2,1-6H3,(H,19,20). The summed E-state index contributed by atoms with van der Waals surface area (Å²) in [5.41, 5.74) is 1.17. The van der Waals surface area contributed by atoms with E-state index in [0.717, 1.165) is 23.1 Å². The van der Waals surface area contributed by atoms with Gasteiger partial charge in [0.15, 0.2) is 6.61 Å². The predicted molar refractivity (Wildman–Crippen MR) is 84.0 cm³/mol. The number of carbonyl (C=O) groups excluding carboxylic acids is 1. The van der Waals surface area contributed by atoms with Gasteiger partial charge in [-0.25, -0.2) is 0 Å². The number of amides is 1. The molecule has 22 heavy (non-hydrogen) atoms. The lowest BCUT2D eigenvalue weighted by Crippen LogP contribution is -2.44. The van der Waals surface area contributed by atoms with Crippen LogP contribution in [0.5, 0.6) is 5.88 Å². The number of furan rings is 1. The maximum atomic E-state index is 12.0. The van der Waals surface area contributed by atoms with Gasteiger partial charge >= 0.3 is 0 Å². The lowest BCUT2D eigenvalue weighted by atomic mass is 10.0. The molecule has 0 atom stereocenters. The Kier molecular flexibility index (Phi) is 4.39. The van der Waals surface area contributed by atoms with Crippen molar-refractivity contribution in [1.82, 2.24) is 15.3 Å². The number of carbonyl (C=O) groups is 1. The summed E-state index contributed by atoms with van der Waals surface area (Å²) in [7, 11) is 0. The van der Waals surface area contributed by atoms with Crippen LogP contribution < -0.4 is 10.1 Å². The van der Waals surface area contributed by atoms with E-state index >= 15 is 0 Å². The second kappa shape index (κ2) is 5.94. The second-order valence-electron chi connectivity index (χ2n) is 6.11. The summed E-state index contributed by atoms with van der Waals surface area (Å²) >= 11 is 0. The third-order valence-corrected chi connectivity index (χ3v) is 3.81. The van der Waals surface area contributed by atoms with Crippen molar-refractivity contribution in [3.05, 3.63) is 17.1 Å². The van der Waals surface area contributed by atoms with Crippen LogP contribution in [0.1, 0.15) is 44.3 Å². The summed E-state index contributed by atoms with van der Waals surface area (Å²) in [5.74, 6) is 1.54. The number of aryl methyl sites for hydroxylation is 3. The van der Waals surface area contributed by atoms with Crippen molar-refractivity contribution >= 4 is 17.0 Å². The van der Waals surface area contributed by atoms with Crippen molar-refractivity contribution in [3.8, 4) is 5.88 Å². The van der Waals surface area contributed by atoms with Gasteiger partial charge in [0.05, 0.1) is 0 Å². The van der Waals surface area contributed by atoms with Crippen LogP contribution in [-0.2, 0) is 4.79 Å². The van der Waals surface area contributed by atoms with Gasteiger partial charge in [0.2, 0.25) is 11.6 Å². The van der Waals surface area contributed by atoms with Gasteiger partial charge in [-0.1, -0.05) is 6.92 Å². The molecule has 0 saturated carbocycles. The molecule has 1 amide bonds. The van der Waals surface area contributed by atoms with E-state index in [4.69, 9.17) is 9.15 Å². The highest BCUT2D eigenvalue weighted by Crippen LogP contribution is 2.30. The monoisotopic (exact) mass is 305 g/mol. The number of hydrogen-bond acceptors (Lipinski definition) is 5. The van der Waals surface area contributed by atoms with Gasteiger partial charge in [-0.05, 0) is 41.0 Å². The number of hydrogen-bond donors (Lipinski definition) is 1. The Hall–Kier alpha value is -2.11. The smallest absolute Gasteiger partial charge is 0.258 e. The number of nitrogens with zero attached hydrogens (tertiary/aromatic N) is 2. The number of aromatic nitrogens is 2. The maximum absolute atomic E-state index is 12.0. The zero-order valence-electron chi connectivity index (χ0n) is 14.0. The molecular weight excluding hydrogens is 282 g/mol. The number of rotatable bonds is 5. The molecule has 0 aromatic carbocycles. The molecule has 0 bridgehead atoms. The summed E-state index contributed by atoms with van der Waals surface area (Å²) in [6, 6.07) is 0. The molecular formula is C16H23N3O3. The molecule has 0 spiro atoms. The fourth-order valence-corrected chi connectivity index (χ4v) is 2.05. The summed E-state index contributed by atoms with van der Waals surface area (Å²) in [6.07, 6.45) is 0.843. The van der Waals surface area contributed by atoms with Gasteiger partial charge in [-0.15, -0.1) is 0 Å². The molecule has 2 rings (SSSR count). The summed E-state index contributed by atoms with van der Waals surface area (Å²) in [5, 5.41) is 3.66. The average Bonchev–Trinajstić information content (AvgIpc) is 2.70. The average molecular weight is 305 g/mol. The first-order valence-corrected chi connectivity index (χ1v) is 7.41. The molecule has 1 N–H and O–H groups in total. The third kappa shape index (κ3) is 3.37. The second-order valence-corrected chi connectivity index (χ2v) is 6.11. The molecule has 2 aromatic heterocycles. The number of fused-ring (bicyclic) bond motifs is 1. The summed E-state index contributed by atoms with van der Waals surface area (Å²) < 4.78 is 11.2. The largest absolute Gasteiger partial charge is 0.467 e. The molecule has 0 aliphatic rings. The highest BCUT2D eigenvalue weighted by Gasteiger charge is 2.20. The van der Waals surface area contributed by atoms with E-state index in [-0.39, 0.29) is 18.1 Å². The van der Waals surface area contributed by atoms with Crippen molar-refractivity contribution in [2.45, 2.75) is 53.5 Å². The van der Waals surface area contributed by atoms with E-state index in [0.29, 0.717) is 17.4 Å². The van der Waals surface area contributed by atoms with E-state index in [9.17, 15) is 4.79 Å². The first-order chi connectivity index (χ1) is 10.2. The lowest BCUT2D eigenvalue weighted by molar-refractivity contribution is -0.124. The zero-order chi connectivity index (χ0) is 16.5. The Labute approximate surface area is 130 Å². The summed E-state index contributed by atoms with van der Waals surface area (Å²) in [4.78, 5) is 20.5. The molecule has 6 heteroatoms. The zero-order valence-corrected chi connectivity index (χ0v) is 14.0. The highest BCUT2D eigenvalue weighted by atomic mass is 16.5. The topological polar surface area (TPSA) is 77.2 Å². The van der Waals surface area contributed by atoms with E-state index < -0.39 is 0 Å². The first-order valence-electron chi connectivity index (χ1n) is 7.41. The molecule has 6 nitrogen and oxygen atoms in total. The Balaban J connectivity index is 2.20. The molecule has 0 unspecified atom stereocenters. The number of nitrogens with one attached hydrogen (secondary N) is 1. The molecule has 0 aliphatic heterocycles. The van der Waals surface area contributed by atoms with Crippen molar-refractivity contribution in [3.63, 3.8) is 0 Å². The molecule has 2 aromatic rings. The van der Waals surface area contributed by atoms with Gasteiger partial charge in [-0.2, -0.15) is 9.97 Å².